The summed E-state index contributed by atoms with van der Waals surface area (Å²) < 4.78 is 5.53. The molecule has 1 amide bonds. The van der Waals surface area contributed by atoms with Gasteiger partial charge in [0.15, 0.2) is 0 Å². The number of carbonyl (C=O) groups excluding carboxylic acids is 1. The number of thioether (sulfide) groups is 1. The number of aliphatic hydroxyl groups excluding tert-OH is 1. The smallest absolute Gasteiger partial charge is 0.477 e. The first-order valence-corrected chi connectivity index (χ1v) is 7.17. The molecule has 0 aromatic rings. The number of nitrogens with zero attached hydrogens (tertiary/aromatic N) is 1. The number of hydrogen-bond acceptors (Lipinski definition) is 5. The molecule has 8 heteroatoms. The molecule has 20 heavy (non-hydrogen) atoms. The van der Waals surface area contributed by atoms with Crippen molar-refractivity contribution in [3.05, 3.63) is 10.6 Å². The maximum Gasteiger partial charge on any atom is 1.00 e. The van der Waals surface area contributed by atoms with Gasteiger partial charge in [0.2, 0.25) is 5.91 Å². The zero-order valence-corrected chi connectivity index (χ0v) is 14.2. The fourth-order valence-corrected chi connectivity index (χ4v) is 4.52. The van der Waals surface area contributed by atoms with Gasteiger partial charge in [-0.2, -0.15) is 0 Å². The maximum absolute atomic E-state index is 12.0. The summed E-state index contributed by atoms with van der Waals surface area (Å²) in [5.41, 5.74) is 0.0452. The van der Waals surface area contributed by atoms with E-state index in [1.54, 1.807) is 6.92 Å². The molecule has 3 rings (SSSR count). The van der Waals surface area contributed by atoms with Crippen LogP contribution < -0.4 is 29.6 Å². The van der Waals surface area contributed by atoms with E-state index in [0.29, 0.717) is 11.5 Å². The molecule has 0 unspecified atom stereocenters. The van der Waals surface area contributed by atoms with Crippen molar-refractivity contribution in [1.29, 1.82) is 0 Å². The van der Waals surface area contributed by atoms with Crippen LogP contribution >= 0.6 is 11.8 Å². The number of ether oxygens (including phenoxy) is 1. The van der Waals surface area contributed by atoms with Crippen LogP contribution in [0.4, 0.5) is 0 Å². The van der Waals surface area contributed by atoms with Gasteiger partial charge < -0.3 is 14.9 Å². The Balaban J connectivity index is 0.00000147. The molecule has 0 bridgehead atoms. The first-order chi connectivity index (χ1) is 9.02. The van der Waals surface area contributed by atoms with Gasteiger partial charge in [0.05, 0.1) is 18.1 Å². The number of carboxylic acid groups (broad SMARTS) is 1. The van der Waals surface area contributed by atoms with E-state index in [2.05, 4.69) is 0 Å². The van der Waals surface area contributed by atoms with Gasteiger partial charge in [0.1, 0.15) is 11.1 Å². The van der Waals surface area contributed by atoms with Gasteiger partial charge in [-0.25, -0.2) is 4.79 Å². The first kappa shape index (κ1) is 16.3. The fourth-order valence-electron chi connectivity index (χ4n) is 2.82. The van der Waals surface area contributed by atoms with Crippen molar-refractivity contribution in [2.75, 3.05) is 6.61 Å². The summed E-state index contributed by atoms with van der Waals surface area (Å²) in [7, 11) is 0. The number of rotatable bonds is 3. The minimum absolute atomic E-state index is 0. The van der Waals surface area contributed by atoms with Crippen molar-refractivity contribution in [2.45, 2.75) is 37.3 Å². The van der Waals surface area contributed by atoms with Gasteiger partial charge >= 0.3 is 35.5 Å². The number of β-lactam (4-membered cyclic amide) rings is 1. The monoisotopic (exact) mass is 308 g/mol. The first-order valence-electron chi connectivity index (χ1n) is 6.29. The summed E-state index contributed by atoms with van der Waals surface area (Å²) in [6, 6.07) is 0. The number of aliphatic hydroxyl groups is 1. The van der Waals surface area contributed by atoms with Crippen LogP contribution in [0.5, 0.6) is 0 Å². The van der Waals surface area contributed by atoms with Gasteiger partial charge in [-0.15, -0.1) is 0 Å². The molecule has 0 radical (unpaired) electrons. The third kappa shape index (κ3) is 2.34. The molecule has 3 heterocycles. The Morgan fingerprint density at radius 3 is 2.75 bits per heavy atom. The number of aliphatic carboxylic acids is 1. The molecule has 2 N–H and O–H groups in total. The molecule has 0 aliphatic carbocycles. The minimum Gasteiger partial charge on any atom is -0.477 e. The van der Waals surface area contributed by atoms with Gasteiger partial charge in [-0.05, 0) is 19.8 Å². The van der Waals surface area contributed by atoms with Crippen molar-refractivity contribution >= 4 is 23.6 Å². The number of hydrogen-bond donors (Lipinski definition) is 2. The molecule has 0 saturated carbocycles. The predicted octanol–water partition coefficient (Wildman–Crippen LogP) is -2.62. The number of carbonyl (C=O) groups is 2. The second-order valence-electron chi connectivity index (χ2n) is 5.00. The van der Waals surface area contributed by atoms with Crippen LogP contribution in [-0.2, 0) is 14.3 Å². The zero-order chi connectivity index (χ0) is 13.7. The Morgan fingerprint density at radius 2 is 2.25 bits per heavy atom. The third-order valence-electron chi connectivity index (χ3n) is 3.75. The molecular formula is C12H15NNaO5S+. The summed E-state index contributed by atoms with van der Waals surface area (Å²) in [6.07, 6.45) is 0.706. The van der Waals surface area contributed by atoms with E-state index < -0.39 is 18.0 Å². The van der Waals surface area contributed by atoms with E-state index in [1.807, 2.05) is 0 Å². The summed E-state index contributed by atoms with van der Waals surface area (Å²) in [6.45, 7) is 2.19. The second kappa shape index (κ2) is 5.98. The van der Waals surface area contributed by atoms with Crippen molar-refractivity contribution in [2.24, 2.45) is 5.92 Å². The van der Waals surface area contributed by atoms with E-state index >= 15 is 0 Å². The molecule has 2 saturated heterocycles. The maximum atomic E-state index is 12.0. The largest absolute Gasteiger partial charge is 1.00 e. The summed E-state index contributed by atoms with van der Waals surface area (Å²) in [5.74, 6) is -1.92. The number of carboxylic acids is 1. The van der Waals surface area contributed by atoms with E-state index in [-0.39, 0.29) is 52.6 Å². The quantitative estimate of drug-likeness (QED) is 0.438. The van der Waals surface area contributed by atoms with Crippen molar-refractivity contribution < 1.29 is 54.1 Å². The standard InChI is InChI=1S/C12H15NO5S.Na/c1-5(14)7-10(15)13-8(12(16)17)9(19-11(7)13)6-3-2-4-18-6;/h5-7,11,14H,2-4H2,1H3,(H,16,17);/q;+1/t5-,6-,7+,11-;/m1./s1. The van der Waals surface area contributed by atoms with Crippen LogP contribution in [0.15, 0.2) is 10.6 Å². The SMILES string of the molecule is C[C@@H](O)[C@H]1C(=O)N2C(C(=O)O)=C([C@H]3CCCO3)S[C@H]12.[Na+]. The second-order valence-corrected chi connectivity index (χ2v) is 6.16. The summed E-state index contributed by atoms with van der Waals surface area (Å²) >= 11 is 1.35. The van der Waals surface area contributed by atoms with Gasteiger partial charge in [0.25, 0.3) is 0 Å². The topological polar surface area (TPSA) is 87.1 Å². The molecule has 0 spiro atoms. The van der Waals surface area contributed by atoms with Crippen LogP contribution in [0.1, 0.15) is 19.8 Å². The number of fused-ring (bicyclic) bond motifs is 1. The van der Waals surface area contributed by atoms with Crippen LogP contribution in [-0.4, -0.2) is 51.2 Å². The Labute approximate surface area is 142 Å². The summed E-state index contributed by atoms with van der Waals surface area (Å²) in [5, 5.41) is 18.6. The van der Waals surface area contributed by atoms with Crippen molar-refractivity contribution in [1.82, 2.24) is 4.90 Å². The number of amides is 1. The molecule has 3 aliphatic heterocycles. The predicted molar refractivity (Wildman–Crippen MR) is 67.0 cm³/mol. The van der Waals surface area contributed by atoms with E-state index in [1.165, 1.54) is 16.7 Å². The summed E-state index contributed by atoms with van der Waals surface area (Å²) in [4.78, 5) is 25.3. The van der Waals surface area contributed by atoms with E-state index in [9.17, 15) is 19.8 Å². The molecular weight excluding hydrogens is 293 g/mol. The Kier molecular flexibility index (Phi) is 4.88. The van der Waals surface area contributed by atoms with Gasteiger partial charge in [0, 0.05) is 11.5 Å². The normalized spacial score (nSPS) is 33.6. The Bertz CT molecular complexity index is 474. The van der Waals surface area contributed by atoms with Crippen LogP contribution in [0.2, 0.25) is 0 Å². The average molecular weight is 308 g/mol. The minimum atomic E-state index is -1.10. The zero-order valence-electron chi connectivity index (χ0n) is 11.4. The van der Waals surface area contributed by atoms with Crippen LogP contribution in [0, 0.1) is 5.92 Å². The van der Waals surface area contributed by atoms with Gasteiger partial charge in [-0.3, -0.25) is 9.69 Å². The molecule has 2 fully saturated rings. The van der Waals surface area contributed by atoms with E-state index in [4.69, 9.17) is 4.74 Å². The molecule has 0 aromatic carbocycles. The molecule has 3 aliphatic rings. The molecule has 6 nitrogen and oxygen atoms in total. The molecule has 104 valence electrons. The third-order valence-corrected chi connectivity index (χ3v) is 5.21. The van der Waals surface area contributed by atoms with Crippen LogP contribution in [0.25, 0.3) is 0 Å². The molecule has 0 aromatic heterocycles. The van der Waals surface area contributed by atoms with Crippen LogP contribution in [0.3, 0.4) is 0 Å². The Morgan fingerprint density at radius 1 is 1.55 bits per heavy atom. The van der Waals surface area contributed by atoms with Crippen molar-refractivity contribution in [3.63, 3.8) is 0 Å². The fraction of sp³-hybridized carbons (Fsp3) is 0.667. The molecule has 4 atom stereocenters. The Hall–Kier alpha value is -0.0500. The average Bonchev–Trinajstić information content (AvgIpc) is 2.92. The van der Waals surface area contributed by atoms with Crippen molar-refractivity contribution in [3.8, 4) is 0 Å². The van der Waals surface area contributed by atoms with E-state index in [0.717, 1.165) is 12.8 Å². The van der Waals surface area contributed by atoms with Gasteiger partial charge in [-0.1, -0.05) is 11.8 Å².